The number of esters is 1. The first-order valence-electron chi connectivity index (χ1n) is 7.06. The smallest absolute Gasteiger partial charge is 0.366 e. The minimum atomic E-state index is -1.78. The highest BCUT2D eigenvalue weighted by Gasteiger charge is 2.53. The van der Waals surface area contributed by atoms with E-state index in [4.69, 9.17) is 25.1 Å². The second-order valence-electron chi connectivity index (χ2n) is 5.39. The van der Waals surface area contributed by atoms with E-state index in [9.17, 15) is 15.0 Å². The van der Waals surface area contributed by atoms with Crippen molar-refractivity contribution in [1.29, 1.82) is 0 Å². The van der Waals surface area contributed by atoms with Crippen LogP contribution in [0.5, 0.6) is 0 Å². The molecule has 5 N–H and O–H groups in total. The second kappa shape index (κ2) is 8.00. The molecule has 1 heterocycles. The zero-order chi connectivity index (χ0) is 16.9. The lowest BCUT2D eigenvalue weighted by Gasteiger charge is -2.46. The van der Waals surface area contributed by atoms with Crippen molar-refractivity contribution in [2.45, 2.75) is 43.5 Å². The molecule has 0 amide bonds. The van der Waals surface area contributed by atoms with Gasteiger partial charge in [-0.2, -0.15) is 0 Å². The quantitative estimate of drug-likeness (QED) is 0.330. The number of ether oxygens (including phenoxy) is 3. The molecule has 1 saturated heterocycles. The van der Waals surface area contributed by atoms with E-state index in [-0.39, 0.29) is 18.9 Å². The highest BCUT2D eigenvalue weighted by Crippen LogP contribution is 2.36. The summed E-state index contributed by atoms with van der Waals surface area (Å²) in [5.41, 5.74) is 6.04. The highest BCUT2D eigenvalue weighted by atomic mass is 16.7. The van der Waals surface area contributed by atoms with Crippen molar-refractivity contribution >= 4 is 5.97 Å². The van der Waals surface area contributed by atoms with E-state index in [1.165, 1.54) is 13.2 Å². The fraction of sp³-hybridized carbons (Fsp3) is 0.786. The Morgan fingerprint density at radius 3 is 2.73 bits per heavy atom. The number of carbonyl (C=O) groups excluding carboxylic acids is 1. The summed E-state index contributed by atoms with van der Waals surface area (Å²) >= 11 is 0. The van der Waals surface area contributed by atoms with Gasteiger partial charge in [0.25, 0.3) is 5.79 Å². The van der Waals surface area contributed by atoms with Crippen LogP contribution in [0.4, 0.5) is 0 Å². The molecule has 0 aromatic heterocycles. The largest absolute Gasteiger partial charge is 0.465 e. The van der Waals surface area contributed by atoms with Crippen LogP contribution >= 0.6 is 0 Å². The zero-order valence-electron chi connectivity index (χ0n) is 12.8. The Balaban J connectivity index is 3.08. The maximum Gasteiger partial charge on any atom is 0.366 e. The molecular formula is C14H25NO7. The Morgan fingerprint density at radius 1 is 1.59 bits per heavy atom. The van der Waals surface area contributed by atoms with Gasteiger partial charge in [-0.3, -0.25) is 0 Å². The topological polar surface area (TPSA) is 131 Å². The summed E-state index contributed by atoms with van der Waals surface area (Å²) in [4.78, 5) is 12.1. The number of aliphatic hydroxyl groups excluding tert-OH is 3. The third-order valence-corrected chi connectivity index (χ3v) is 3.87. The molecule has 0 radical (unpaired) electrons. The molecule has 1 unspecified atom stereocenters. The van der Waals surface area contributed by atoms with Gasteiger partial charge < -0.3 is 35.3 Å². The lowest BCUT2D eigenvalue weighted by atomic mass is 9.83. The average molecular weight is 319 g/mol. The molecule has 128 valence electrons. The third kappa shape index (κ3) is 3.83. The van der Waals surface area contributed by atoms with Gasteiger partial charge in [0, 0.05) is 18.4 Å². The number of nitrogens with two attached hydrogens (primary N) is 1. The minimum Gasteiger partial charge on any atom is -0.465 e. The van der Waals surface area contributed by atoms with Crippen LogP contribution in [0.25, 0.3) is 0 Å². The van der Waals surface area contributed by atoms with Crippen molar-refractivity contribution < 1.29 is 34.3 Å². The van der Waals surface area contributed by atoms with Crippen LogP contribution < -0.4 is 5.73 Å². The minimum absolute atomic E-state index is 0.0154. The molecule has 22 heavy (non-hydrogen) atoms. The molecule has 0 aromatic rings. The first kappa shape index (κ1) is 19.0. The van der Waals surface area contributed by atoms with Crippen LogP contribution in [0.15, 0.2) is 12.7 Å². The molecular weight excluding hydrogens is 294 g/mol. The zero-order valence-corrected chi connectivity index (χ0v) is 12.8. The fourth-order valence-electron chi connectivity index (χ4n) is 2.46. The fourth-order valence-corrected chi connectivity index (χ4v) is 2.46. The van der Waals surface area contributed by atoms with Gasteiger partial charge in [0.15, 0.2) is 0 Å². The second-order valence-corrected chi connectivity index (χ2v) is 5.39. The normalized spacial score (nSPS) is 34.7. The SMILES string of the molecule is C=CCO[C@]1(C(=O)OC)C[C@@H](N)[C@@H](C)C([C@H](O)[C@H](O)CO)O1. The maximum absolute atomic E-state index is 12.1. The van der Waals surface area contributed by atoms with Crippen LogP contribution in [0.1, 0.15) is 13.3 Å². The monoisotopic (exact) mass is 319 g/mol. The summed E-state index contributed by atoms with van der Waals surface area (Å²) in [6, 6.07) is -0.539. The standard InChI is InChI=1S/C14H25NO7/c1-4-5-21-14(13(19)20-3)6-9(15)8(2)12(22-14)11(18)10(17)7-16/h4,8-12,16-18H,1,5-7,15H2,2-3H3/t8-,9-,10-,11-,12?,14-/m1/s1. The van der Waals surface area contributed by atoms with Crippen molar-refractivity contribution in [2.75, 3.05) is 20.3 Å². The average Bonchev–Trinajstić information content (AvgIpc) is 2.53. The van der Waals surface area contributed by atoms with Crippen molar-refractivity contribution in [2.24, 2.45) is 11.7 Å². The van der Waals surface area contributed by atoms with Crippen LogP contribution in [0, 0.1) is 5.92 Å². The molecule has 1 aliphatic heterocycles. The van der Waals surface area contributed by atoms with Gasteiger partial charge >= 0.3 is 5.97 Å². The van der Waals surface area contributed by atoms with Crippen LogP contribution in [0.3, 0.4) is 0 Å². The van der Waals surface area contributed by atoms with Gasteiger partial charge in [-0.1, -0.05) is 13.0 Å². The Hall–Kier alpha value is -1.03. The van der Waals surface area contributed by atoms with Crippen molar-refractivity contribution in [1.82, 2.24) is 0 Å². The van der Waals surface area contributed by atoms with E-state index >= 15 is 0 Å². The summed E-state index contributed by atoms with van der Waals surface area (Å²) in [5.74, 6) is -2.94. The summed E-state index contributed by atoms with van der Waals surface area (Å²) < 4.78 is 15.8. The number of rotatable bonds is 7. The highest BCUT2D eigenvalue weighted by molar-refractivity contribution is 5.78. The molecule has 0 aromatic carbocycles. The van der Waals surface area contributed by atoms with E-state index in [2.05, 4.69) is 6.58 Å². The lowest BCUT2D eigenvalue weighted by Crippen LogP contribution is -2.63. The van der Waals surface area contributed by atoms with Gasteiger partial charge in [0.2, 0.25) is 0 Å². The Labute approximate surface area is 129 Å². The summed E-state index contributed by atoms with van der Waals surface area (Å²) in [7, 11) is 1.18. The van der Waals surface area contributed by atoms with E-state index in [0.29, 0.717) is 0 Å². The number of methoxy groups -OCH3 is 1. The maximum atomic E-state index is 12.1. The van der Waals surface area contributed by atoms with Crippen molar-refractivity contribution in [3.63, 3.8) is 0 Å². The number of hydrogen-bond donors (Lipinski definition) is 4. The van der Waals surface area contributed by atoms with Gasteiger partial charge in [0.1, 0.15) is 12.2 Å². The Kier molecular flexibility index (Phi) is 6.92. The van der Waals surface area contributed by atoms with E-state index in [1.807, 2.05) is 0 Å². The Bertz CT molecular complexity index is 391. The summed E-state index contributed by atoms with van der Waals surface area (Å²) in [6.45, 7) is 4.59. The summed E-state index contributed by atoms with van der Waals surface area (Å²) in [6.07, 6.45) is -2.39. The Morgan fingerprint density at radius 2 is 2.23 bits per heavy atom. The van der Waals surface area contributed by atoms with Crippen molar-refractivity contribution in [3.8, 4) is 0 Å². The molecule has 1 fully saturated rings. The van der Waals surface area contributed by atoms with Gasteiger partial charge in [-0.05, 0) is 0 Å². The molecule has 8 heteroatoms. The molecule has 8 nitrogen and oxygen atoms in total. The van der Waals surface area contributed by atoms with Crippen LogP contribution in [-0.4, -0.2) is 71.8 Å². The molecule has 0 saturated carbocycles. The number of hydrogen-bond acceptors (Lipinski definition) is 8. The molecule has 1 rings (SSSR count). The predicted molar refractivity (Wildman–Crippen MR) is 76.6 cm³/mol. The van der Waals surface area contributed by atoms with E-state index in [1.54, 1.807) is 6.92 Å². The molecule has 1 aliphatic rings. The van der Waals surface area contributed by atoms with Gasteiger partial charge in [0.05, 0.1) is 26.4 Å². The van der Waals surface area contributed by atoms with Crippen LogP contribution in [0.2, 0.25) is 0 Å². The summed E-state index contributed by atoms with van der Waals surface area (Å²) in [5, 5.41) is 28.7. The molecule has 0 bridgehead atoms. The molecule has 0 spiro atoms. The van der Waals surface area contributed by atoms with Gasteiger partial charge in [-0.25, -0.2) is 4.79 Å². The first-order valence-corrected chi connectivity index (χ1v) is 7.06. The molecule has 0 aliphatic carbocycles. The van der Waals surface area contributed by atoms with Crippen LogP contribution in [-0.2, 0) is 19.0 Å². The third-order valence-electron chi connectivity index (χ3n) is 3.87. The lowest BCUT2D eigenvalue weighted by molar-refractivity contribution is -0.303. The predicted octanol–water partition coefficient (Wildman–Crippen LogP) is -1.48. The van der Waals surface area contributed by atoms with Gasteiger partial charge in [-0.15, -0.1) is 6.58 Å². The van der Waals surface area contributed by atoms with Crippen molar-refractivity contribution in [3.05, 3.63) is 12.7 Å². The van der Waals surface area contributed by atoms with E-state index in [0.717, 1.165) is 0 Å². The first-order chi connectivity index (χ1) is 10.3. The van der Waals surface area contributed by atoms with E-state index < -0.39 is 42.7 Å². The number of carbonyl (C=O) groups is 1. The number of aliphatic hydroxyl groups is 3. The molecule has 6 atom stereocenters.